The summed E-state index contributed by atoms with van der Waals surface area (Å²) in [6.07, 6.45) is 0.226. The molecule has 5 nitrogen and oxygen atoms in total. The first-order valence-corrected chi connectivity index (χ1v) is 6.94. The van der Waals surface area contributed by atoms with Gasteiger partial charge in [0.1, 0.15) is 0 Å². The average molecular weight is 298 g/mol. The van der Waals surface area contributed by atoms with Gasteiger partial charge in [0.25, 0.3) is 5.91 Å². The average Bonchev–Trinajstić information content (AvgIpc) is 2.55. The van der Waals surface area contributed by atoms with E-state index in [1.807, 2.05) is 42.5 Å². The zero-order valence-corrected chi connectivity index (χ0v) is 12.2. The SMILES string of the molecule is CC(O)[C@@H](/C=N/O)NC(=O)c1ccc(-c2ccccc2)cc1. The van der Waals surface area contributed by atoms with Gasteiger partial charge in [-0.05, 0) is 30.2 Å². The second kappa shape index (κ2) is 7.38. The number of carbonyl (C=O) groups is 1. The summed E-state index contributed by atoms with van der Waals surface area (Å²) in [6, 6.07) is 16.3. The lowest BCUT2D eigenvalue weighted by Gasteiger charge is -2.16. The summed E-state index contributed by atoms with van der Waals surface area (Å²) in [7, 11) is 0. The highest BCUT2D eigenvalue weighted by Gasteiger charge is 2.16. The minimum Gasteiger partial charge on any atom is -0.411 e. The molecule has 0 radical (unpaired) electrons. The fourth-order valence-corrected chi connectivity index (χ4v) is 2.03. The van der Waals surface area contributed by atoms with Gasteiger partial charge in [-0.1, -0.05) is 47.6 Å². The normalized spacial score (nSPS) is 13.7. The molecule has 1 amide bonds. The van der Waals surface area contributed by atoms with E-state index in [0.29, 0.717) is 5.56 Å². The van der Waals surface area contributed by atoms with Gasteiger partial charge in [0.15, 0.2) is 0 Å². The van der Waals surface area contributed by atoms with Crippen molar-refractivity contribution in [3.05, 3.63) is 60.2 Å². The number of nitrogens with zero attached hydrogens (tertiary/aromatic N) is 1. The van der Waals surface area contributed by atoms with Crippen molar-refractivity contribution >= 4 is 12.1 Å². The third kappa shape index (κ3) is 3.93. The molecular weight excluding hydrogens is 280 g/mol. The van der Waals surface area contributed by atoms with Crippen LogP contribution in [0.5, 0.6) is 0 Å². The number of nitrogens with one attached hydrogen (secondary N) is 1. The minimum absolute atomic E-state index is 0.342. The van der Waals surface area contributed by atoms with Crippen LogP contribution < -0.4 is 5.32 Å². The number of oxime groups is 1. The molecule has 0 aliphatic rings. The summed E-state index contributed by atoms with van der Waals surface area (Å²) >= 11 is 0. The third-order valence-corrected chi connectivity index (χ3v) is 3.30. The number of rotatable bonds is 5. The predicted octanol–water partition coefficient (Wildman–Crippen LogP) is 2.29. The van der Waals surface area contributed by atoms with Crippen molar-refractivity contribution in [2.24, 2.45) is 5.16 Å². The summed E-state index contributed by atoms with van der Waals surface area (Å²) in [5, 5.41) is 23.5. The number of aliphatic hydroxyl groups excluding tert-OH is 1. The van der Waals surface area contributed by atoms with Crippen molar-refractivity contribution in [3.63, 3.8) is 0 Å². The second-order valence-corrected chi connectivity index (χ2v) is 4.95. The lowest BCUT2D eigenvalue weighted by molar-refractivity contribution is 0.0902. The summed E-state index contributed by atoms with van der Waals surface area (Å²) in [4.78, 5) is 12.1. The van der Waals surface area contributed by atoms with Crippen molar-refractivity contribution in [2.75, 3.05) is 0 Å². The van der Waals surface area contributed by atoms with E-state index >= 15 is 0 Å². The lowest BCUT2D eigenvalue weighted by atomic mass is 10.0. The molecule has 3 N–H and O–H groups in total. The van der Waals surface area contributed by atoms with E-state index in [-0.39, 0.29) is 5.91 Å². The Hall–Kier alpha value is -2.66. The second-order valence-electron chi connectivity index (χ2n) is 4.95. The van der Waals surface area contributed by atoms with Crippen LogP contribution in [0, 0.1) is 0 Å². The number of benzene rings is 2. The van der Waals surface area contributed by atoms with Gasteiger partial charge in [-0.2, -0.15) is 0 Å². The van der Waals surface area contributed by atoms with Gasteiger partial charge in [0.05, 0.1) is 18.4 Å². The van der Waals surface area contributed by atoms with Crippen molar-refractivity contribution in [1.82, 2.24) is 5.32 Å². The monoisotopic (exact) mass is 298 g/mol. The Labute approximate surface area is 128 Å². The Bertz CT molecular complexity index is 637. The summed E-state index contributed by atoms with van der Waals surface area (Å²) in [5.74, 6) is -0.342. The third-order valence-electron chi connectivity index (χ3n) is 3.30. The van der Waals surface area contributed by atoms with E-state index < -0.39 is 12.1 Å². The Morgan fingerprint density at radius 1 is 1.09 bits per heavy atom. The van der Waals surface area contributed by atoms with Gasteiger partial charge >= 0.3 is 0 Å². The van der Waals surface area contributed by atoms with E-state index in [2.05, 4.69) is 10.5 Å². The molecule has 0 aliphatic carbocycles. The summed E-state index contributed by atoms with van der Waals surface area (Å²) in [6.45, 7) is 1.51. The van der Waals surface area contributed by atoms with E-state index in [0.717, 1.165) is 17.3 Å². The number of carbonyl (C=O) groups excluding carboxylic acids is 1. The maximum absolute atomic E-state index is 12.1. The van der Waals surface area contributed by atoms with Gasteiger partial charge in [0.2, 0.25) is 0 Å². The molecule has 0 bridgehead atoms. The zero-order chi connectivity index (χ0) is 15.9. The molecule has 0 aliphatic heterocycles. The van der Waals surface area contributed by atoms with Gasteiger partial charge in [0, 0.05) is 5.56 Å². The summed E-state index contributed by atoms with van der Waals surface area (Å²) in [5.41, 5.74) is 2.56. The van der Waals surface area contributed by atoms with Crippen molar-refractivity contribution in [3.8, 4) is 11.1 Å². The highest BCUT2D eigenvalue weighted by atomic mass is 16.4. The van der Waals surface area contributed by atoms with Crippen molar-refractivity contribution < 1.29 is 15.1 Å². The van der Waals surface area contributed by atoms with Crippen LogP contribution in [0.2, 0.25) is 0 Å². The first kappa shape index (κ1) is 15.7. The van der Waals surface area contributed by atoms with Crippen LogP contribution in [-0.2, 0) is 0 Å². The molecule has 114 valence electrons. The van der Waals surface area contributed by atoms with Crippen LogP contribution in [-0.4, -0.2) is 34.6 Å². The smallest absolute Gasteiger partial charge is 0.251 e. The Kier molecular flexibility index (Phi) is 5.27. The molecule has 2 aromatic carbocycles. The van der Waals surface area contributed by atoms with E-state index in [9.17, 15) is 9.90 Å². The van der Waals surface area contributed by atoms with E-state index in [4.69, 9.17) is 5.21 Å². The lowest BCUT2D eigenvalue weighted by Crippen LogP contribution is -2.43. The quantitative estimate of drug-likeness (QED) is 0.450. The molecule has 0 saturated carbocycles. The molecule has 0 spiro atoms. The molecule has 2 rings (SSSR count). The Balaban J connectivity index is 2.11. The first-order chi connectivity index (χ1) is 10.6. The predicted molar refractivity (Wildman–Crippen MR) is 85.1 cm³/mol. The Morgan fingerprint density at radius 3 is 2.23 bits per heavy atom. The molecule has 0 fully saturated rings. The fourth-order valence-electron chi connectivity index (χ4n) is 2.03. The molecular formula is C17H18N2O3. The maximum atomic E-state index is 12.1. The van der Waals surface area contributed by atoms with E-state index in [1.54, 1.807) is 12.1 Å². The van der Waals surface area contributed by atoms with Crippen molar-refractivity contribution in [1.29, 1.82) is 0 Å². The fraction of sp³-hybridized carbons (Fsp3) is 0.176. The van der Waals surface area contributed by atoms with Crippen molar-refractivity contribution in [2.45, 2.75) is 19.1 Å². The van der Waals surface area contributed by atoms with Gasteiger partial charge in [-0.25, -0.2) is 0 Å². The molecule has 0 saturated heterocycles. The number of hydrogen-bond acceptors (Lipinski definition) is 4. The molecule has 2 aromatic rings. The van der Waals surface area contributed by atoms with Crippen LogP contribution in [0.15, 0.2) is 59.8 Å². The standard InChI is InChI=1S/C17H18N2O3/c1-12(20)16(11-18-22)19-17(21)15-9-7-14(8-10-15)13-5-3-2-4-6-13/h2-12,16,20,22H,1H3,(H,19,21)/b18-11+/t12?,16-/m1/s1. The maximum Gasteiger partial charge on any atom is 0.251 e. The van der Waals surface area contributed by atoms with Gasteiger partial charge in [-0.3, -0.25) is 4.79 Å². The van der Waals surface area contributed by atoms with Crippen LogP contribution in [0.4, 0.5) is 0 Å². The van der Waals surface area contributed by atoms with Crippen LogP contribution >= 0.6 is 0 Å². The molecule has 2 atom stereocenters. The number of amides is 1. The molecule has 22 heavy (non-hydrogen) atoms. The largest absolute Gasteiger partial charge is 0.411 e. The first-order valence-electron chi connectivity index (χ1n) is 6.94. The number of aliphatic hydroxyl groups is 1. The number of hydrogen-bond donors (Lipinski definition) is 3. The van der Waals surface area contributed by atoms with Crippen LogP contribution in [0.25, 0.3) is 11.1 Å². The Morgan fingerprint density at radius 2 is 1.68 bits per heavy atom. The molecule has 1 unspecified atom stereocenters. The topological polar surface area (TPSA) is 81.9 Å². The van der Waals surface area contributed by atoms with Gasteiger partial charge < -0.3 is 15.6 Å². The molecule has 5 heteroatoms. The highest BCUT2D eigenvalue weighted by molar-refractivity contribution is 5.96. The summed E-state index contributed by atoms with van der Waals surface area (Å²) < 4.78 is 0. The molecule has 0 aromatic heterocycles. The van der Waals surface area contributed by atoms with Crippen LogP contribution in [0.1, 0.15) is 17.3 Å². The zero-order valence-electron chi connectivity index (χ0n) is 12.2. The molecule has 0 heterocycles. The minimum atomic E-state index is -0.858. The van der Waals surface area contributed by atoms with Gasteiger partial charge in [-0.15, -0.1) is 0 Å². The highest BCUT2D eigenvalue weighted by Crippen LogP contribution is 2.19. The van der Waals surface area contributed by atoms with E-state index in [1.165, 1.54) is 6.92 Å². The van der Waals surface area contributed by atoms with Crippen LogP contribution in [0.3, 0.4) is 0 Å².